The second-order valence-corrected chi connectivity index (χ2v) is 3.82. The molecule has 18 heavy (non-hydrogen) atoms. The first-order valence-corrected chi connectivity index (χ1v) is 5.75. The summed E-state index contributed by atoms with van der Waals surface area (Å²) < 4.78 is 5.75. The van der Waals surface area contributed by atoms with Crippen molar-refractivity contribution in [1.29, 1.82) is 0 Å². The van der Waals surface area contributed by atoms with Crippen molar-refractivity contribution in [3.63, 3.8) is 0 Å². The van der Waals surface area contributed by atoms with Crippen molar-refractivity contribution in [2.45, 2.75) is 13.0 Å². The van der Waals surface area contributed by atoms with Gasteiger partial charge in [0, 0.05) is 18.4 Å². The number of hydrogen-bond acceptors (Lipinski definition) is 4. The number of ether oxygens (including phenoxy) is 1. The van der Waals surface area contributed by atoms with Crippen LogP contribution in [0.25, 0.3) is 0 Å². The third-order valence-electron chi connectivity index (χ3n) is 2.61. The summed E-state index contributed by atoms with van der Waals surface area (Å²) in [7, 11) is 0. The molecule has 0 bridgehead atoms. The minimum atomic E-state index is -0.0972. The van der Waals surface area contributed by atoms with Gasteiger partial charge in [0.1, 0.15) is 5.75 Å². The number of aliphatic hydroxyl groups is 2. The van der Waals surface area contributed by atoms with Crippen LogP contribution in [0.15, 0.2) is 42.7 Å². The van der Waals surface area contributed by atoms with Crippen LogP contribution in [0.1, 0.15) is 11.1 Å². The van der Waals surface area contributed by atoms with Gasteiger partial charge in [-0.15, -0.1) is 0 Å². The van der Waals surface area contributed by atoms with Crippen LogP contribution in [0.2, 0.25) is 0 Å². The lowest BCUT2D eigenvalue weighted by Gasteiger charge is -2.12. The summed E-state index contributed by atoms with van der Waals surface area (Å²) in [6, 6.07) is 9.21. The molecule has 0 atom stereocenters. The number of benzene rings is 1. The lowest BCUT2D eigenvalue weighted by Crippen LogP contribution is -1.97. The molecule has 0 spiro atoms. The van der Waals surface area contributed by atoms with E-state index in [4.69, 9.17) is 9.84 Å². The van der Waals surface area contributed by atoms with Crippen LogP contribution in [-0.2, 0) is 13.0 Å². The Hall–Kier alpha value is -1.91. The fourth-order valence-corrected chi connectivity index (χ4v) is 1.68. The number of aromatic nitrogens is 1. The van der Waals surface area contributed by atoms with E-state index in [2.05, 4.69) is 4.98 Å². The molecule has 0 aliphatic heterocycles. The van der Waals surface area contributed by atoms with Gasteiger partial charge in [-0.25, -0.2) is 0 Å². The zero-order valence-electron chi connectivity index (χ0n) is 9.91. The molecule has 0 unspecified atom stereocenters. The number of hydrogen-bond donors (Lipinski definition) is 2. The lowest BCUT2D eigenvalue weighted by molar-refractivity contribution is 0.275. The SMILES string of the molecule is OCCc1ccccc1Oc1cnccc1CO. The standard InChI is InChI=1S/C14H15NO3/c16-8-6-11-3-1-2-4-13(11)18-14-9-15-7-5-12(14)10-17/h1-5,7,9,16-17H,6,8,10H2. The van der Waals surface area contributed by atoms with E-state index < -0.39 is 0 Å². The first-order valence-electron chi connectivity index (χ1n) is 5.75. The second kappa shape index (κ2) is 6.14. The predicted molar refractivity (Wildman–Crippen MR) is 67.5 cm³/mol. The number of para-hydroxylation sites is 1. The average molecular weight is 245 g/mol. The Bertz CT molecular complexity index is 514. The highest BCUT2D eigenvalue weighted by molar-refractivity contribution is 5.39. The van der Waals surface area contributed by atoms with Crippen molar-refractivity contribution in [1.82, 2.24) is 4.98 Å². The number of nitrogens with zero attached hydrogens (tertiary/aromatic N) is 1. The Morgan fingerprint density at radius 3 is 2.61 bits per heavy atom. The highest BCUT2D eigenvalue weighted by atomic mass is 16.5. The topological polar surface area (TPSA) is 62.6 Å². The van der Waals surface area contributed by atoms with Crippen molar-refractivity contribution in [2.75, 3.05) is 6.61 Å². The summed E-state index contributed by atoms with van der Waals surface area (Å²) in [4.78, 5) is 3.98. The van der Waals surface area contributed by atoms with Crippen molar-refractivity contribution in [3.8, 4) is 11.5 Å². The minimum Gasteiger partial charge on any atom is -0.455 e. The Balaban J connectivity index is 2.28. The molecular formula is C14H15NO3. The van der Waals surface area contributed by atoms with E-state index in [0.717, 1.165) is 5.56 Å². The van der Waals surface area contributed by atoms with Gasteiger partial charge in [-0.2, -0.15) is 0 Å². The molecule has 0 aliphatic carbocycles. The minimum absolute atomic E-state index is 0.0697. The van der Waals surface area contributed by atoms with Gasteiger partial charge in [0.25, 0.3) is 0 Å². The maximum absolute atomic E-state index is 9.22. The third-order valence-corrected chi connectivity index (χ3v) is 2.61. The van der Waals surface area contributed by atoms with Gasteiger partial charge in [0.15, 0.2) is 5.75 Å². The molecule has 4 nitrogen and oxygen atoms in total. The molecule has 1 aromatic heterocycles. The maximum Gasteiger partial charge on any atom is 0.151 e. The van der Waals surface area contributed by atoms with Crippen LogP contribution in [0, 0.1) is 0 Å². The Morgan fingerprint density at radius 1 is 1.00 bits per heavy atom. The number of aliphatic hydroxyl groups excluding tert-OH is 2. The average Bonchev–Trinajstić information content (AvgIpc) is 2.42. The van der Waals surface area contributed by atoms with E-state index in [9.17, 15) is 5.11 Å². The molecule has 1 aromatic carbocycles. The third kappa shape index (κ3) is 2.85. The van der Waals surface area contributed by atoms with Crippen molar-refractivity contribution < 1.29 is 14.9 Å². The van der Waals surface area contributed by atoms with Crippen LogP contribution in [-0.4, -0.2) is 21.8 Å². The van der Waals surface area contributed by atoms with E-state index in [1.165, 1.54) is 0 Å². The molecule has 0 saturated heterocycles. The molecule has 0 saturated carbocycles. The predicted octanol–water partition coefficient (Wildman–Crippen LogP) is 1.90. The molecule has 0 aliphatic rings. The molecule has 94 valence electrons. The fourth-order valence-electron chi connectivity index (χ4n) is 1.68. The largest absolute Gasteiger partial charge is 0.455 e. The Morgan fingerprint density at radius 2 is 1.83 bits per heavy atom. The van der Waals surface area contributed by atoms with Crippen LogP contribution in [0.4, 0.5) is 0 Å². The normalized spacial score (nSPS) is 10.3. The van der Waals surface area contributed by atoms with E-state index in [0.29, 0.717) is 23.5 Å². The zero-order valence-corrected chi connectivity index (χ0v) is 9.91. The molecule has 0 fully saturated rings. The van der Waals surface area contributed by atoms with Gasteiger partial charge < -0.3 is 14.9 Å². The summed E-state index contributed by atoms with van der Waals surface area (Å²) in [5, 5.41) is 18.2. The number of rotatable bonds is 5. The quantitative estimate of drug-likeness (QED) is 0.844. The van der Waals surface area contributed by atoms with E-state index in [-0.39, 0.29) is 13.2 Å². The van der Waals surface area contributed by atoms with Crippen molar-refractivity contribution >= 4 is 0 Å². The highest BCUT2D eigenvalue weighted by Gasteiger charge is 2.07. The molecule has 2 aromatic rings. The van der Waals surface area contributed by atoms with Crippen LogP contribution in [0.3, 0.4) is 0 Å². The monoisotopic (exact) mass is 245 g/mol. The number of pyridine rings is 1. The molecule has 0 radical (unpaired) electrons. The summed E-state index contributed by atoms with van der Waals surface area (Å²) in [6.07, 6.45) is 3.71. The fraction of sp³-hybridized carbons (Fsp3) is 0.214. The summed E-state index contributed by atoms with van der Waals surface area (Å²) in [6.45, 7) is -0.0275. The molecule has 2 rings (SSSR count). The van der Waals surface area contributed by atoms with Crippen molar-refractivity contribution in [2.24, 2.45) is 0 Å². The van der Waals surface area contributed by atoms with Gasteiger partial charge in [0.05, 0.1) is 12.8 Å². The maximum atomic E-state index is 9.22. The first kappa shape index (κ1) is 12.5. The van der Waals surface area contributed by atoms with Gasteiger partial charge in [-0.05, 0) is 24.1 Å². The van der Waals surface area contributed by atoms with E-state index in [1.807, 2.05) is 24.3 Å². The zero-order chi connectivity index (χ0) is 12.8. The van der Waals surface area contributed by atoms with Crippen LogP contribution in [0.5, 0.6) is 11.5 Å². The molecule has 0 amide bonds. The van der Waals surface area contributed by atoms with Gasteiger partial charge in [-0.1, -0.05) is 18.2 Å². The summed E-state index contributed by atoms with van der Waals surface area (Å²) >= 11 is 0. The van der Waals surface area contributed by atoms with Crippen LogP contribution >= 0.6 is 0 Å². The van der Waals surface area contributed by atoms with Gasteiger partial charge >= 0.3 is 0 Å². The van der Waals surface area contributed by atoms with E-state index in [1.54, 1.807) is 18.5 Å². The van der Waals surface area contributed by atoms with Crippen LogP contribution < -0.4 is 4.74 Å². The molecule has 1 heterocycles. The van der Waals surface area contributed by atoms with Crippen molar-refractivity contribution in [3.05, 3.63) is 53.9 Å². The Labute approximate surface area is 106 Å². The highest BCUT2D eigenvalue weighted by Crippen LogP contribution is 2.27. The second-order valence-electron chi connectivity index (χ2n) is 3.82. The summed E-state index contributed by atoms with van der Waals surface area (Å²) in [5.41, 5.74) is 1.61. The summed E-state index contributed by atoms with van der Waals surface area (Å²) in [5.74, 6) is 1.21. The first-order chi connectivity index (χ1) is 8.85. The van der Waals surface area contributed by atoms with Gasteiger partial charge in [0.2, 0.25) is 0 Å². The van der Waals surface area contributed by atoms with Gasteiger partial charge in [-0.3, -0.25) is 4.98 Å². The molecular weight excluding hydrogens is 230 g/mol. The smallest absolute Gasteiger partial charge is 0.151 e. The Kier molecular flexibility index (Phi) is 4.28. The molecule has 4 heteroatoms. The lowest BCUT2D eigenvalue weighted by atomic mass is 10.1. The molecule has 2 N–H and O–H groups in total. The van der Waals surface area contributed by atoms with E-state index >= 15 is 0 Å².